The average molecular weight is 377 g/mol. The third kappa shape index (κ3) is 3.58. The molecule has 0 spiro atoms. The molecule has 10 nitrogen and oxygen atoms in total. The van der Waals surface area contributed by atoms with Crippen LogP contribution in [-0.2, 0) is 0 Å². The number of hydrogen-bond donors (Lipinski definition) is 0. The second-order valence-corrected chi connectivity index (χ2v) is 18.9. The molecule has 0 radical (unpaired) electrons. The number of hydrogen-bond acceptors (Lipinski definition) is 6. The number of hydroxylamine groups is 2. The van der Waals surface area contributed by atoms with E-state index in [2.05, 4.69) is 0 Å². The Morgan fingerprint density at radius 1 is 0.625 bits per heavy atom. The molecule has 2 aliphatic heterocycles. The van der Waals surface area contributed by atoms with Gasteiger partial charge < -0.3 is 10.4 Å². The summed E-state index contributed by atoms with van der Waals surface area (Å²) in [5, 5.41) is 47.6. The van der Waals surface area contributed by atoms with Crippen LogP contribution >= 0.6 is 0 Å². The summed E-state index contributed by atoms with van der Waals surface area (Å²) < 4.78 is 0. The van der Waals surface area contributed by atoms with Crippen molar-refractivity contribution in [3.63, 3.8) is 0 Å². The Morgan fingerprint density at radius 3 is 1.12 bits per heavy atom. The minimum atomic E-state index is -1.92. The molecular weight excluding hydrogens is 352 g/mol. The summed E-state index contributed by atoms with van der Waals surface area (Å²) in [6.45, 7) is 7.83. The molecule has 12 heteroatoms. The van der Waals surface area contributed by atoms with E-state index in [-0.39, 0.29) is 9.72 Å². The largest absolute Gasteiger partial charge is 0.567 e. The minimum Gasteiger partial charge on any atom is -0.567 e. The van der Waals surface area contributed by atoms with Gasteiger partial charge in [-0.3, -0.25) is 20.2 Å². The molecule has 2 fully saturated rings. The molecule has 2 rings (SSSR count). The van der Waals surface area contributed by atoms with Crippen LogP contribution in [0.1, 0.15) is 0 Å². The lowest BCUT2D eigenvalue weighted by molar-refractivity contribution is -1.00. The molecule has 2 heterocycles. The molecule has 0 aromatic rings. The van der Waals surface area contributed by atoms with Gasteiger partial charge in [0.2, 0.25) is 0 Å². The fourth-order valence-electron chi connectivity index (χ4n) is 4.15. The maximum atomic E-state index is 12.6. The highest BCUT2D eigenvalue weighted by molar-refractivity contribution is 6.78. The lowest BCUT2D eigenvalue weighted by Crippen LogP contribution is -2.44. The normalized spacial score (nSPS) is 35.5. The zero-order valence-electron chi connectivity index (χ0n) is 14.4. The molecule has 0 N–H and O–H groups in total. The van der Waals surface area contributed by atoms with Gasteiger partial charge in [-0.05, 0) is 0 Å². The summed E-state index contributed by atoms with van der Waals surface area (Å²) in [7, 11) is -3.84. The lowest BCUT2D eigenvalue weighted by atomic mass is 10.2. The summed E-state index contributed by atoms with van der Waals surface area (Å²) in [6, 6.07) is -2.76. The number of nitro groups is 2. The molecule has 2 saturated heterocycles. The SMILES string of the molecule is C[Si]1(C)CC([N+](=O)[O-])C(/[N+]([O-])=[N+](\[O-])C2C[Si](C)(C)CC2[N+](=O)[O-])C1. The predicted molar refractivity (Wildman–Crippen MR) is 90.6 cm³/mol. The Kier molecular flexibility index (Phi) is 4.74. The van der Waals surface area contributed by atoms with Gasteiger partial charge in [0, 0.05) is 43.7 Å². The van der Waals surface area contributed by atoms with E-state index in [1.807, 2.05) is 26.2 Å². The van der Waals surface area contributed by atoms with Crippen molar-refractivity contribution < 1.29 is 19.6 Å². The fraction of sp³-hybridized carbons (Fsp3) is 1.00. The van der Waals surface area contributed by atoms with E-state index in [0.29, 0.717) is 24.2 Å². The Hall–Kier alpha value is -1.57. The van der Waals surface area contributed by atoms with Gasteiger partial charge in [-0.15, -0.1) is 0 Å². The Labute approximate surface area is 141 Å². The molecule has 0 aliphatic carbocycles. The van der Waals surface area contributed by atoms with Gasteiger partial charge in [0.25, 0.3) is 24.2 Å². The number of rotatable bonds is 4. The van der Waals surface area contributed by atoms with Crippen molar-refractivity contribution in [3.8, 4) is 0 Å². The molecule has 4 atom stereocenters. The second kappa shape index (κ2) is 6.06. The van der Waals surface area contributed by atoms with Crippen LogP contribution in [0.2, 0.25) is 50.4 Å². The van der Waals surface area contributed by atoms with Gasteiger partial charge in [0.05, 0.1) is 16.1 Å². The highest BCUT2D eigenvalue weighted by Crippen LogP contribution is 2.36. The van der Waals surface area contributed by atoms with E-state index < -0.39 is 50.2 Å². The van der Waals surface area contributed by atoms with E-state index in [9.17, 15) is 30.6 Å². The summed E-state index contributed by atoms with van der Waals surface area (Å²) in [5.74, 6) is 0. The van der Waals surface area contributed by atoms with Gasteiger partial charge in [-0.25, -0.2) is 0 Å². The molecule has 24 heavy (non-hydrogen) atoms. The van der Waals surface area contributed by atoms with Crippen LogP contribution in [0, 0.1) is 30.6 Å². The second-order valence-electron chi connectivity index (χ2n) is 8.59. The van der Waals surface area contributed by atoms with Crippen molar-refractivity contribution in [2.45, 2.75) is 74.5 Å². The topological polar surface area (TPSA) is 138 Å². The van der Waals surface area contributed by atoms with E-state index in [1.54, 1.807) is 0 Å². The van der Waals surface area contributed by atoms with Crippen LogP contribution in [-0.4, -0.2) is 59.9 Å². The molecule has 0 saturated carbocycles. The molecule has 0 aromatic heterocycles. The molecule has 0 aromatic carbocycles. The first kappa shape index (κ1) is 18.8. The third-order valence-corrected chi connectivity index (χ3v) is 11.3. The van der Waals surface area contributed by atoms with Crippen molar-refractivity contribution in [3.05, 3.63) is 30.6 Å². The van der Waals surface area contributed by atoms with Crippen LogP contribution in [0.25, 0.3) is 0 Å². The predicted octanol–water partition coefficient (Wildman–Crippen LogP) is 1.93. The molecule has 0 amide bonds. The smallest absolute Gasteiger partial charge is 0.292 e. The van der Waals surface area contributed by atoms with Gasteiger partial charge in [0.1, 0.15) is 0 Å². The summed E-state index contributed by atoms with van der Waals surface area (Å²) >= 11 is 0. The quantitative estimate of drug-likeness (QED) is 0.241. The van der Waals surface area contributed by atoms with Crippen molar-refractivity contribution in [2.75, 3.05) is 0 Å². The minimum absolute atomic E-state index is 0.145. The Morgan fingerprint density at radius 2 is 0.875 bits per heavy atom. The average Bonchev–Trinajstić information content (AvgIpc) is 2.93. The maximum Gasteiger partial charge on any atom is 0.292 e. The molecule has 2 aliphatic rings. The van der Waals surface area contributed by atoms with Crippen molar-refractivity contribution in [1.82, 2.24) is 0 Å². The van der Waals surface area contributed by atoms with E-state index in [0.717, 1.165) is 0 Å². The van der Waals surface area contributed by atoms with Gasteiger partial charge in [0.15, 0.2) is 0 Å². The Bertz CT molecular complexity index is 546. The standard InChI is InChI=1S/C12H24N4O6Si2/c1-23(2)5-9(11(7-23)15(19)20)13(17)14(18)10-6-24(3,4)8-12(10)16(21)22/h9-12H,5-8H2,1-4H3/b14-13+. The Balaban J connectivity index is 2.35. The van der Waals surface area contributed by atoms with E-state index in [1.165, 1.54) is 0 Å². The van der Waals surface area contributed by atoms with Crippen LogP contribution in [0.5, 0.6) is 0 Å². The first-order valence-electron chi connectivity index (χ1n) is 8.04. The summed E-state index contributed by atoms with van der Waals surface area (Å²) in [5.41, 5.74) is 0. The molecule has 0 bridgehead atoms. The first-order valence-corrected chi connectivity index (χ1v) is 14.9. The van der Waals surface area contributed by atoms with E-state index in [4.69, 9.17) is 0 Å². The molecular formula is C12H24N4O6Si2. The number of nitrogens with zero attached hydrogens (tertiary/aromatic N) is 4. The summed E-state index contributed by atoms with van der Waals surface area (Å²) in [4.78, 5) is 21.9. The van der Waals surface area contributed by atoms with Gasteiger partial charge in [-0.1, -0.05) is 26.2 Å². The zero-order chi connectivity index (χ0) is 18.4. The zero-order valence-corrected chi connectivity index (χ0v) is 16.4. The molecule has 136 valence electrons. The highest BCUT2D eigenvalue weighted by Gasteiger charge is 2.59. The van der Waals surface area contributed by atoms with Crippen LogP contribution in [0.4, 0.5) is 0 Å². The van der Waals surface area contributed by atoms with Crippen molar-refractivity contribution in [2.24, 2.45) is 0 Å². The van der Waals surface area contributed by atoms with Crippen molar-refractivity contribution >= 4 is 16.1 Å². The summed E-state index contributed by atoms with van der Waals surface area (Å²) in [6.07, 6.45) is 0. The van der Waals surface area contributed by atoms with E-state index >= 15 is 0 Å². The van der Waals surface area contributed by atoms with Crippen LogP contribution < -0.4 is 0 Å². The monoisotopic (exact) mass is 376 g/mol. The molecule has 4 unspecified atom stereocenters. The van der Waals surface area contributed by atoms with Crippen LogP contribution in [0.3, 0.4) is 0 Å². The maximum absolute atomic E-state index is 12.6. The third-order valence-electron chi connectivity index (χ3n) is 5.24. The van der Waals surface area contributed by atoms with Gasteiger partial charge >= 0.3 is 0 Å². The number of azo groups is 1. The fourth-order valence-corrected chi connectivity index (χ4v) is 10.7. The lowest BCUT2D eigenvalue weighted by Gasteiger charge is -2.16. The van der Waals surface area contributed by atoms with Crippen LogP contribution in [0.15, 0.2) is 0 Å². The first-order chi connectivity index (χ1) is 10.8. The van der Waals surface area contributed by atoms with Crippen molar-refractivity contribution in [1.29, 1.82) is 0 Å². The highest BCUT2D eigenvalue weighted by atomic mass is 28.3. The van der Waals surface area contributed by atoms with Gasteiger partial charge in [-0.2, -0.15) is 0 Å².